The average Bonchev–Trinajstić information content (AvgIpc) is 2.99. The van der Waals surface area contributed by atoms with Crippen molar-refractivity contribution in [2.24, 2.45) is 4.99 Å². The maximum absolute atomic E-state index is 5.21. The van der Waals surface area contributed by atoms with Crippen molar-refractivity contribution < 1.29 is 4.74 Å². The summed E-state index contributed by atoms with van der Waals surface area (Å²) in [7, 11) is 1.78. The Kier molecular flexibility index (Phi) is 8.02. The van der Waals surface area contributed by atoms with Crippen LogP contribution in [0.25, 0.3) is 0 Å². The number of methoxy groups -OCH3 is 1. The molecule has 1 saturated heterocycles. The molecule has 22 heavy (non-hydrogen) atoms. The van der Waals surface area contributed by atoms with E-state index in [2.05, 4.69) is 22.5 Å². The summed E-state index contributed by atoms with van der Waals surface area (Å²) in [4.78, 5) is 7.38. The summed E-state index contributed by atoms with van der Waals surface area (Å²) in [5.41, 5.74) is 0. The molecule has 0 spiro atoms. The van der Waals surface area contributed by atoms with Gasteiger partial charge in [-0.3, -0.25) is 9.89 Å². The third kappa shape index (κ3) is 5.76. The normalized spacial score (nSPS) is 24.6. The first-order valence-corrected chi connectivity index (χ1v) is 9.11. The van der Waals surface area contributed by atoms with E-state index in [9.17, 15) is 0 Å². The van der Waals surface area contributed by atoms with Gasteiger partial charge < -0.3 is 15.4 Å². The third-order valence-electron chi connectivity index (χ3n) is 4.83. The van der Waals surface area contributed by atoms with E-state index in [1.807, 2.05) is 0 Å². The number of guanidine groups is 1. The molecule has 0 aromatic heterocycles. The molecular weight excluding hydrogens is 276 g/mol. The fourth-order valence-electron chi connectivity index (χ4n) is 3.56. The molecule has 0 amide bonds. The molecule has 1 atom stereocenters. The van der Waals surface area contributed by atoms with Crippen LogP contribution in [0.4, 0.5) is 0 Å². The minimum Gasteiger partial charge on any atom is -0.383 e. The van der Waals surface area contributed by atoms with Crippen LogP contribution in [-0.2, 0) is 4.74 Å². The van der Waals surface area contributed by atoms with Crippen LogP contribution in [-0.4, -0.2) is 62.8 Å². The van der Waals surface area contributed by atoms with Crippen molar-refractivity contribution in [3.05, 3.63) is 0 Å². The maximum atomic E-state index is 5.21. The Balaban J connectivity index is 1.82. The second-order valence-corrected chi connectivity index (χ2v) is 6.52. The monoisotopic (exact) mass is 310 g/mol. The van der Waals surface area contributed by atoms with E-state index in [4.69, 9.17) is 9.73 Å². The first kappa shape index (κ1) is 17.5. The lowest BCUT2D eigenvalue weighted by Gasteiger charge is -2.26. The van der Waals surface area contributed by atoms with Gasteiger partial charge in [-0.05, 0) is 39.2 Å². The number of ether oxygens (including phenoxy) is 1. The molecule has 0 aromatic rings. The summed E-state index contributed by atoms with van der Waals surface area (Å²) in [6, 6.07) is 1.19. The lowest BCUT2D eigenvalue weighted by atomic mass is 9.96. The molecule has 0 bridgehead atoms. The lowest BCUT2D eigenvalue weighted by molar-refractivity contribution is 0.142. The minimum atomic E-state index is 0.581. The molecule has 5 heteroatoms. The second-order valence-electron chi connectivity index (χ2n) is 6.52. The fourth-order valence-corrected chi connectivity index (χ4v) is 3.56. The van der Waals surface area contributed by atoms with Gasteiger partial charge in [-0.1, -0.05) is 19.3 Å². The lowest BCUT2D eigenvalue weighted by Crippen LogP contribution is -2.45. The van der Waals surface area contributed by atoms with Gasteiger partial charge in [-0.25, -0.2) is 0 Å². The van der Waals surface area contributed by atoms with Crippen LogP contribution in [0.15, 0.2) is 4.99 Å². The summed E-state index contributed by atoms with van der Waals surface area (Å²) in [6.07, 6.45) is 9.21. The number of hydrogen-bond acceptors (Lipinski definition) is 3. The molecule has 2 rings (SSSR count). The highest BCUT2D eigenvalue weighted by molar-refractivity contribution is 5.80. The molecule has 0 radical (unpaired) electrons. The quantitative estimate of drug-likeness (QED) is 0.558. The van der Waals surface area contributed by atoms with E-state index in [-0.39, 0.29) is 0 Å². The van der Waals surface area contributed by atoms with Crippen molar-refractivity contribution in [2.75, 3.05) is 39.9 Å². The molecule has 0 aromatic carbocycles. The molecule has 2 N–H and O–H groups in total. The minimum absolute atomic E-state index is 0.581. The van der Waals surface area contributed by atoms with Gasteiger partial charge >= 0.3 is 0 Å². The van der Waals surface area contributed by atoms with E-state index < -0.39 is 0 Å². The highest BCUT2D eigenvalue weighted by atomic mass is 16.5. The summed E-state index contributed by atoms with van der Waals surface area (Å²) in [5, 5.41) is 7.04. The highest BCUT2D eigenvalue weighted by Gasteiger charge is 2.24. The molecule has 1 heterocycles. The summed E-state index contributed by atoms with van der Waals surface area (Å²) >= 11 is 0. The Morgan fingerprint density at radius 3 is 2.73 bits per heavy atom. The SMILES string of the molecule is CCNC(=NCC1CCCN1CCOC)NC1CCCCC1. The Morgan fingerprint density at radius 1 is 1.18 bits per heavy atom. The fraction of sp³-hybridized carbons (Fsp3) is 0.941. The zero-order valence-corrected chi connectivity index (χ0v) is 14.4. The van der Waals surface area contributed by atoms with Crippen molar-refractivity contribution in [1.82, 2.24) is 15.5 Å². The van der Waals surface area contributed by atoms with Gasteiger partial charge in [0.05, 0.1) is 13.2 Å². The molecule has 128 valence electrons. The predicted molar refractivity (Wildman–Crippen MR) is 92.5 cm³/mol. The molecule has 1 aliphatic heterocycles. The van der Waals surface area contributed by atoms with Crippen molar-refractivity contribution >= 4 is 5.96 Å². The van der Waals surface area contributed by atoms with Gasteiger partial charge in [-0.15, -0.1) is 0 Å². The van der Waals surface area contributed by atoms with Gasteiger partial charge in [0.2, 0.25) is 0 Å². The second kappa shape index (κ2) is 10.1. The zero-order valence-electron chi connectivity index (χ0n) is 14.4. The van der Waals surface area contributed by atoms with E-state index in [1.165, 1.54) is 51.5 Å². The van der Waals surface area contributed by atoms with Gasteiger partial charge in [0.25, 0.3) is 0 Å². The summed E-state index contributed by atoms with van der Waals surface area (Å²) in [5.74, 6) is 1.01. The smallest absolute Gasteiger partial charge is 0.191 e. The molecule has 1 aliphatic carbocycles. The third-order valence-corrected chi connectivity index (χ3v) is 4.83. The van der Waals surface area contributed by atoms with Crippen LogP contribution in [0, 0.1) is 0 Å². The van der Waals surface area contributed by atoms with Crippen molar-refractivity contribution in [3.8, 4) is 0 Å². The number of aliphatic imine (C=N–C) groups is 1. The molecule has 1 saturated carbocycles. The number of likely N-dealkylation sites (tertiary alicyclic amines) is 1. The Labute approximate surface area is 135 Å². The standard InChI is InChI=1S/C17H34N4O/c1-3-18-17(20-15-8-5-4-6-9-15)19-14-16-10-7-11-21(16)12-13-22-2/h15-16H,3-14H2,1-2H3,(H2,18,19,20). The molecule has 5 nitrogen and oxygen atoms in total. The predicted octanol–water partition coefficient (Wildman–Crippen LogP) is 1.99. The van der Waals surface area contributed by atoms with Crippen molar-refractivity contribution in [2.45, 2.75) is 64.0 Å². The van der Waals surface area contributed by atoms with Crippen molar-refractivity contribution in [1.29, 1.82) is 0 Å². The number of nitrogens with one attached hydrogen (secondary N) is 2. The first-order chi connectivity index (χ1) is 10.8. The van der Waals surface area contributed by atoms with Crippen LogP contribution in [0.2, 0.25) is 0 Å². The molecule has 2 aliphatic rings. The number of nitrogens with zero attached hydrogens (tertiary/aromatic N) is 2. The van der Waals surface area contributed by atoms with Gasteiger partial charge in [0.15, 0.2) is 5.96 Å². The van der Waals surface area contributed by atoms with Crippen LogP contribution in [0.1, 0.15) is 51.9 Å². The van der Waals surface area contributed by atoms with E-state index >= 15 is 0 Å². The topological polar surface area (TPSA) is 48.9 Å². The Morgan fingerprint density at radius 2 is 2.00 bits per heavy atom. The van der Waals surface area contributed by atoms with Gasteiger partial charge in [-0.2, -0.15) is 0 Å². The highest BCUT2D eigenvalue weighted by Crippen LogP contribution is 2.18. The molecule has 1 unspecified atom stereocenters. The van der Waals surface area contributed by atoms with Gasteiger partial charge in [0, 0.05) is 32.3 Å². The maximum Gasteiger partial charge on any atom is 0.191 e. The first-order valence-electron chi connectivity index (χ1n) is 9.11. The Bertz CT molecular complexity index is 329. The largest absolute Gasteiger partial charge is 0.383 e. The Hall–Kier alpha value is -0.810. The molecular formula is C17H34N4O. The van der Waals surface area contributed by atoms with Gasteiger partial charge in [0.1, 0.15) is 0 Å². The molecule has 2 fully saturated rings. The number of rotatable bonds is 7. The van der Waals surface area contributed by atoms with E-state index in [1.54, 1.807) is 7.11 Å². The number of hydrogen-bond donors (Lipinski definition) is 2. The van der Waals surface area contributed by atoms with Crippen LogP contribution < -0.4 is 10.6 Å². The summed E-state index contributed by atoms with van der Waals surface area (Å²) < 4.78 is 5.21. The van der Waals surface area contributed by atoms with Crippen LogP contribution >= 0.6 is 0 Å². The zero-order chi connectivity index (χ0) is 15.6. The van der Waals surface area contributed by atoms with E-state index in [0.717, 1.165) is 32.2 Å². The van der Waals surface area contributed by atoms with Crippen LogP contribution in [0.3, 0.4) is 0 Å². The van der Waals surface area contributed by atoms with Crippen LogP contribution in [0.5, 0.6) is 0 Å². The van der Waals surface area contributed by atoms with Crippen molar-refractivity contribution in [3.63, 3.8) is 0 Å². The van der Waals surface area contributed by atoms with E-state index in [0.29, 0.717) is 12.1 Å². The summed E-state index contributed by atoms with van der Waals surface area (Å²) in [6.45, 7) is 7.00. The average molecular weight is 310 g/mol.